The maximum atomic E-state index is 12.6. The first-order chi connectivity index (χ1) is 14.0. The molecule has 0 radical (unpaired) electrons. The van der Waals surface area contributed by atoms with Crippen molar-refractivity contribution in [2.24, 2.45) is 0 Å². The summed E-state index contributed by atoms with van der Waals surface area (Å²) in [5.74, 6) is -0.0299. The van der Waals surface area contributed by atoms with Crippen LogP contribution < -0.4 is 10.6 Å². The molecule has 1 saturated carbocycles. The number of carbonyl (C=O) groups excluding carboxylic acids is 2. The Bertz CT molecular complexity index is 854. The van der Waals surface area contributed by atoms with Gasteiger partial charge in [-0.1, -0.05) is 43.3 Å². The summed E-state index contributed by atoms with van der Waals surface area (Å²) < 4.78 is 0. The summed E-state index contributed by atoms with van der Waals surface area (Å²) in [5, 5.41) is 6.07. The zero-order valence-corrected chi connectivity index (χ0v) is 17.6. The van der Waals surface area contributed by atoms with Crippen molar-refractivity contribution in [1.29, 1.82) is 0 Å². The van der Waals surface area contributed by atoms with Gasteiger partial charge >= 0.3 is 0 Å². The average Bonchev–Trinajstić information content (AvgIpc) is 3.54. The molecule has 3 rings (SSSR count). The Labute approximate surface area is 173 Å². The van der Waals surface area contributed by atoms with Crippen LogP contribution in [0.25, 0.3) is 0 Å². The predicted octanol–water partition coefficient (Wildman–Crippen LogP) is 4.30. The maximum absolute atomic E-state index is 12.6. The zero-order chi connectivity index (χ0) is 20.8. The zero-order valence-electron chi connectivity index (χ0n) is 17.6. The van der Waals surface area contributed by atoms with E-state index in [9.17, 15) is 9.59 Å². The van der Waals surface area contributed by atoms with E-state index in [-0.39, 0.29) is 11.8 Å². The fourth-order valence-electron chi connectivity index (χ4n) is 3.61. The predicted molar refractivity (Wildman–Crippen MR) is 118 cm³/mol. The van der Waals surface area contributed by atoms with Gasteiger partial charge in [-0.15, -0.1) is 0 Å². The van der Waals surface area contributed by atoms with E-state index >= 15 is 0 Å². The molecule has 1 fully saturated rings. The van der Waals surface area contributed by atoms with Gasteiger partial charge in [0.05, 0.1) is 6.54 Å². The Morgan fingerprint density at radius 2 is 1.66 bits per heavy atom. The second-order valence-electron chi connectivity index (χ2n) is 7.83. The molecular weight excluding hydrogens is 362 g/mol. The molecule has 0 bridgehead atoms. The maximum Gasteiger partial charge on any atom is 0.238 e. The number of nitrogens with zero attached hydrogens (tertiary/aromatic N) is 1. The second kappa shape index (κ2) is 9.70. The number of hydrogen-bond acceptors (Lipinski definition) is 3. The molecule has 154 valence electrons. The Morgan fingerprint density at radius 3 is 2.31 bits per heavy atom. The normalized spacial score (nSPS) is 13.4. The van der Waals surface area contributed by atoms with E-state index in [0.717, 1.165) is 47.3 Å². The fourth-order valence-corrected chi connectivity index (χ4v) is 3.61. The molecule has 0 saturated heterocycles. The highest BCUT2D eigenvalue weighted by Crippen LogP contribution is 2.27. The lowest BCUT2D eigenvalue weighted by molar-refractivity contribution is -0.119. The van der Waals surface area contributed by atoms with Crippen LogP contribution in [0.15, 0.2) is 42.5 Å². The molecule has 0 aliphatic heterocycles. The van der Waals surface area contributed by atoms with E-state index in [1.165, 1.54) is 0 Å². The van der Waals surface area contributed by atoms with Crippen LogP contribution in [0.3, 0.4) is 0 Å². The number of para-hydroxylation sites is 2. The number of benzene rings is 2. The molecule has 0 spiro atoms. The van der Waals surface area contributed by atoms with Gasteiger partial charge in [0.1, 0.15) is 0 Å². The van der Waals surface area contributed by atoms with Gasteiger partial charge in [0.15, 0.2) is 0 Å². The van der Waals surface area contributed by atoms with Gasteiger partial charge in [0, 0.05) is 30.4 Å². The lowest BCUT2D eigenvalue weighted by Gasteiger charge is -2.22. The lowest BCUT2D eigenvalue weighted by Crippen LogP contribution is -2.37. The highest BCUT2D eigenvalue weighted by Gasteiger charge is 2.30. The van der Waals surface area contributed by atoms with Crippen molar-refractivity contribution >= 4 is 23.2 Å². The fraction of sp³-hybridized carbons (Fsp3) is 0.417. The summed E-state index contributed by atoms with van der Waals surface area (Å²) in [5.41, 5.74) is 5.02. The number of aryl methyl sites for hydroxylation is 3. The second-order valence-corrected chi connectivity index (χ2v) is 7.83. The summed E-state index contributed by atoms with van der Waals surface area (Å²) in [7, 11) is 0. The van der Waals surface area contributed by atoms with Crippen molar-refractivity contribution in [2.75, 3.05) is 23.7 Å². The molecule has 0 aromatic heterocycles. The van der Waals surface area contributed by atoms with E-state index in [2.05, 4.69) is 22.5 Å². The van der Waals surface area contributed by atoms with Crippen molar-refractivity contribution < 1.29 is 9.59 Å². The van der Waals surface area contributed by atoms with Crippen molar-refractivity contribution in [3.63, 3.8) is 0 Å². The Morgan fingerprint density at radius 1 is 0.966 bits per heavy atom. The van der Waals surface area contributed by atoms with Gasteiger partial charge in [-0.25, -0.2) is 0 Å². The smallest absolute Gasteiger partial charge is 0.238 e. The Balaban J connectivity index is 1.54. The lowest BCUT2D eigenvalue weighted by atomic mass is 10.1. The van der Waals surface area contributed by atoms with Gasteiger partial charge in [-0.3, -0.25) is 14.5 Å². The van der Waals surface area contributed by atoms with Crippen LogP contribution in [0.1, 0.15) is 42.9 Å². The number of carbonyl (C=O) groups is 2. The number of hydrogen-bond donors (Lipinski definition) is 2. The first kappa shape index (κ1) is 21.1. The Hall–Kier alpha value is -2.66. The highest BCUT2D eigenvalue weighted by atomic mass is 16.2. The summed E-state index contributed by atoms with van der Waals surface area (Å²) >= 11 is 0. The summed E-state index contributed by atoms with van der Waals surface area (Å²) in [6.45, 7) is 6.98. The SMILES string of the molecule is CCc1ccccc1NC(=O)CCN(CC(=O)Nc1c(C)cccc1C)C1CC1. The third-order valence-corrected chi connectivity index (χ3v) is 5.45. The van der Waals surface area contributed by atoms with E-state index in [1.54, 1.807) is 0 Å². The van der Waals surface area contributed by atoms with Crippen LogP contribution in [-0.2, 0) is 16.0 Å². The minimum atomic E-state index is -0.0222. The molecule has 0 heterocycles. The van der Waals surface area contributed by atoms with Crippen LogP contribution in [0, 0.1) is 13.8 Å². The third kappa shape index (κ3) is 5.91. The highest BCUT2D eigenvalue weighted by molar-refractivity contribution is 5.94. The van der Waals surface area contributed by atoms with Crippen molar-refractivity contribution in [3.05, 3.63) is 59.2 Å². The molecule has 1 aliphatic carbocycles. The quantitative estimate of drug-likeness (QED) is 0.668. The molecule has 2 aromatic carbocycles. The number of anilines is 2. The molecule has 5 heteroatoms. The molecular formula is C24H31N3O2. The standard InChI is InChI=1S/C24H31N3O2/c1-4-19-10-5-6-11-21(19)25-22(28)14-15-27(20-12-13-20)16-23(29)26-24-17(2)8-7-9-18(24)3/h5-11,20H,4,12-16H2,1-3H3,(H,25,28)(H,26,29). The third-order valence-electron chi connectivity index (χ3n) is 5.45. The van der Waals surface area contributed by atoms with Crippen LogP contribution in [0.4, 0.5) is 11.4 Å². The topological polar surface area (TPSA) is 61.4 Å². The minimum absolute atomic E-state index is 0.00768. The van der Waals surface area contributed by atoms with Crippen LogP contribution in [-0.4, -0.2) is 35.8 Å². The molecule has 29 heavy (non-hydrogen) atoms. The van der Waals surface area contributed by atoms with Gasteiger partial charge in [-0.05, 0) is 55.9 Å². The van der Waals surface area contributed by atoms with Gasteiger partial charge < -0.3 is 10.6 Å². The molecule has 2 N–H and O–H groups in total. The first-order valence-electron chi connectivity index (χ1n) is 10.5. The van der Waals surface area contributed by atoms with Gasteiger partial charge in [0.2, 0.25) is 11.8 Å². The van der Waals surface area contributed by atoms with Crippen LogP contribution >= 0.6 is 0 Å². The summed E-state index contributed by atoms with van der Waals surface area (Å²) in [6.07, 6.45) is 3.45. The van der Waals surface area contributed by atoms with Crippen molar-refractivity contribution in [2.45, 2.75) is 52.5 Å². The van der Waals surface area contributed by atoms with Crippen molar-refractivity contribution in [1.82, 2.24) is 4.90 Å². The van der Waals surface area contributed by atoms with E-state index in [4.69, 9.17) is 0 Å². The summed E-state index contributed by atoms with van der Waals surface area (Å²) in [6, 6.07) is 14.3. The van der Waals surface area contributed by atoms with Crippen LogP contribution in [0.5, 0.6) is 0 Å². The molecule has 2 aromatic rings. The molecule has 5 nitrogen and oxygen atoms in total. The van der Waals surface area contributed by atoms with E-state index in [0.29, 0.717) is 25.6 Å². The number of nitrogens with one attached hydrogen (secondary N) is 2. The minimum Gasteiger partial charge on any atom is -0.326 e. The molecule has 1 aliphatic rings. The van der Waals surface area contributed by atoms with E-state index < -0.39 is 0 Å². The largest absolute Gasteiger partial charge is 0.326 e. The number of amides is 2. The summed E-state index contributed by atoms with van der Waals surface area (Å²) in [4.78, 5) is 27.2. The molecule has 0 unspecified atom stereocenters. The van der Waals surface area contributed by atoms with E-state index in [1.807, 2.05) is 56.3 Å². The van der Waals surface area contributed by atoms with Crippen LogP contribution in [0.2, 0.25) is 0 Å². The van der Waals surface area contributed by atoms with Gasteiger partial charge in [0.25, 0.3) is 0 Å². The number of rotatable bonds is 9. The monoisotopic (exact) mass is 393 g/mol. The molecule has 0 atom stereocenters. The van der Waals surface area contributed by atoms with Crippen molar-refractivity contribution in [3.8, 4) is 0 Å². The van der Waals surface area contributed by atoms with Gasteiger partial charge in [-0.2, -0.15) is 0 Å². The average molecular weight is 394 g/mol. The Kier molecular flexibility index (Phi) is 7.04. The molecule has 2 amide bonds. The first-order valence-corrected chi connectivity index (χ1v) is 10.5.